The van der Waals surface area contributed by atoms with Gasteiger partial charge in [-0.15, -0.1) is 11.3 Å². The van der Waals surface area contributed by atoms with Crippen molar-refractivity contribution in [1.82, 2.24) is 15.1 Å². The highest BCUT2D eigenvalue weighted by molar-refractivity contribution is 7.19. The molecule has 3 rings (SSSR count). The fourth-order valence-electron chi connectivity index (χ4n) is 2.15. The highest BCUT2D eigenvalue weighted by Crippen LogP contribution is 2.29. The number of thiophene rings is 1. The monoisotopic (exact) mass is 271 g/mol. The molecule has 0 fully saturated rings. The maximum absolute atomic E-state index is 4.18. The number of hydrogen-bond donors (Lipinski definition) is 1. The zero-order chi connectivity index (χ0) is 13.2. The summed E-state index contributed by atoms with van der Waals surface area (Å²) in [5, 5.41) is 9.06. The molecule has 0 radical (unpaired) electrons. The molecule has 1 atom stereocenters. The molecule has 0 saturated carbocycles. The molecule has 1 aromatic carbocycles. The molecule has 1 N–H and O–H groups in total. The lowest BCUT2D eigenvalue weighted by Crippen LogP contribution is -2.16. The van der Waals surface area contributed by atoms with Crippen LogP contribution in [0.1, 0.15) is 23.4 Å². The second kappa shape index (κ2) is 5.15. The SMILES string of the molecule is CC(NCc1cnn(C)c1)c1cc2ccccc2s1. The Bertz CT molecular complexity index is 650. The van der Waals surface area contributed by atoms with Crippen LogP contribution in [0.15, 0.2) is 42.7 Å². The van der Waals surface area contributed by atoms with Crippen LogP contribution in [-0.4, -0.2) is 9.78 Å². The van der Waals surface area contributed by atoms with Gasteiger partial charge in [0.1, 0.15) is 0 Å². The third kappa shape index (κ3) is 2.69. The van der Waals surface area contributed by atoms with Crippen LogP contribution in [0, 0.1) is 0 Å². The van der Waals surface area contributed by atoms with E-state index in [0.29, 0.717) is 6.04 Å². The van der Waals surface area contributed by atoms with Gasteiger partial charge in [-0.1, -0.05) is 18.2 Å². The van der Waals surface area contributed by atoms with E-state index < -0.39 is 0 Å². The summed E-state index contributed by atoms with van der Waals surface area (Å²) in [6.07, 6.45) is 3.95. The van der Waals surface area contributed by atoms with Gasteiger partial charge in [0.2, 0.25) is 0 Å². The lowest BCUT2D eigenvalue weighted by molar-refractivity contribution is 0.583. The lowest BCUT2D eigenvalue weighted by atomic mass is 10.2. The van der Waals surface area contributed by atoms with Gasteiger partial charge in [0.25, 0.3) is 0 Å². The average molecular weight is 271 g/mol. The van der Waals surface area contributed by atoms with Crippen molar-refractivity contribution in [3.8, 4) is 0 Å². The van der Waals surface area contributed by atoms with Crippen LogP contribution >= 0.6 is 11.3 Å². The summed E-state index contributed by atoms with van der Waals surface area (Å²) >= 11 is 1.86. The van der Waals surface area contributed by atoms with Crippen LogP contribution in [0.5, 0.6) is 0 Å². The van der Waals surface area contributed by atoms with Crippen LogP contribution in [0.3, 0.4) is 0 Å². The Kier molecular flexibility index (Phi) is 3.36. The molecule has 2 heterocycles. The van der Waals surface area contributed by atoms with E-state index in [1.54, 1.807) is 0 Å². The Labute approximate surface area is 116 Å². The number of aryl methyl sites for hydroxylation is 1. The molecule has 19 heavy (non-hydrogen) atoms. The van der Waals surface area contributed by atoms with E-state index in [1.807, 2.05) is 35.5 Å². The fourth-order valence-corrected chi connectivity index (χ4v) is 3.24. The summed E-state index contributed by atoms with van der Waals surface area (Å²) in [6.45, 7) is 3.06. The minimum absolute atomic E-state index is 0.359. The van der Waals surface area contributed by atoms with Crippen molar-refractivity contribution < 1.29 is 0 Å². The number of nitrogens with one attached hydrogen (secondary N) is 1. The molecule has 0 aliphatic carbocycles. The molecule has 0 saturated heterocycles. The topological polar surface area (TPSA) is 29.9 Å². The molecule has 4 heteroatoms. The van der Waals surface area contributed by atoms with Gasteiger partial charge in [0, 0.05) is 41.0 Å². The van der Waals surface area contributed by atoms with Gasteiger partial charge in [-0.05, 0) is 24.4 Å². The van der Waals surface area contributed by atoms with Crippen molar-refractivity contribution in [3.63, 3.8) is 0 Å². The lowest BCUT2D eigenvalue weighted by Gasteiger charge is -2.10. The van der Waals surface area contributed by atoms with Crippen LogP contribution in [0.25, 0.3) is 10.1 Å². The Morgan fingerprint density at radius 1 is 1.37 bits per heavy atom. The van der Waals surface area contributed by atoms with Gasteiger partial charge >= 0.3 is 0 Å². The van der Waals surface area contributed by atoms with E-state index >= 15 is 0 Å². The highest BCUT2D eigenvalue weighted by Gasteiger charge is 2.09. The van der Waals surface area contributed by atoms with E-state index in [9.17, 15) is 0 Å². The van der Waals surface area contributed by atoms with Gasteiger partial charge in [0.15, 0.2) is 0 Å². The molecular formula is C15H17N3S. The van der Waals surface area contributed by atoms with Crippen LogP contribution in [0.2, 0.25) is 0 Å². The Balaban J connectivity index is 1.71. The fraction of sp³-hybridized carbons (Fsp3) is 0.267. The number of aromatic nitrogens is 2. The second-order valence-corrected chi connectivity index (χ2v) is 5.93. The summed E-state index contributed by atoms with van der Waals surface area (Å²) in [5.41, 5.74) is 1.22. The van der Waals surface area contributed by atoms with Gasteiger partial charge in [-0.25, -0.2) is 0 Å². The Hall–Kier alpha value is -1.65. The van der Waals surface area contributed by atoms with Crippen LogP contribution in [0.4, 0.5) is 0 Å². The van der Waals surface area contributed by atoms with E-state index in [-0.39, 0.29) is 0 Å². The minimum Gasteiger partial charge on any atom is -0.305 e. The van der Waals surface area contributed by atoms with Gasteiger partial charge in [-0.2, -0.15) is 5.10 Å². The largest absolute Gasteiger partial charge is 0.305 e. The quantitative estimate of drug-likeness (QED) is 0.787. The van der Waals surface area contributed by atoms with Crippen molar-refractivity contribution in [2.24, 2.45) is 7.05 Å². The molecule has 0 amide bonds. The molecule has 98 valence electrons. The van der Waals surface area contributed by atoms with Crippen LogP contribution in [-0.2, 0) is 13.6 Å². The molecule has 0 spiro atoms. The minimum atomic E-state index is 0.359. The highest BCUT2D eigenvalue weighted by atomic mass is 32.1. The Morgan fingerprint density at radius 3 is 2.95 bits per heavy atom. The zero-order valence-corrected chi connectivity index (χ0v) is 11.9. The van der Waals surface area contributed by atoms with Crippen molar-refractivity contribution >= 4 is 21.4 Å². The van der Waals surface area contributed by atoms with E-state index in [4.69, 9.17) is 0 Å². The third-order valence-corrected chi connectivity index (χ3v) is 4.54. The van der Waals surface area contributed by atoms with Crippen molar-refractivity contribution in [2.75, 3.05) is 0 Å². The van der Waals surface area contributed by atoms with Gasteiger partial charge in [0.05, 0.1) is 6.20 Å². The van der Waals surface area contributed by atoms with E-state index in [1.165, 1.54) is 20.5 Å². The first-order valence-corrected chi connectivity index (χ1v) is 7.23. The van der Waals surface area contributed by atoms with E-state index in [2.05, 4.69) is 47.7 Å². The van der Waals surface area contributed by atoms with Crippen molar-refractivity contribution in [1.29, 1.82) is 0 Å². The van der Waals surface area contributed by atoms with Gasteiger partial charge in [-0.3, -0.25) is 4.68 Å². The molecule has 2 aromatic heterocycles. The summed E-state index contributed by atoms with van der Waals surface area (Å²) in [4.78, 5) is 1.38. The molecule has 0 bridgehead atoms. The third-order valence-electron chi connectivity index (χ3n) is 3.24. The summed E-state index contributed by atoms with van der Waals surface area (Å²) < 4.78 is 3.19. The summed E-state index contributed by atoms with van der Waals surface area (Å²) in [7, 11) is 1.94. The Morgan fingerprint density at radius 2 is 2.21 bits per heavy atom. The number of fused-ring (bicyclic) bond motifs is 1. The first-order chi connectivity index (χ1) is 9.22. The summed E-state index contributed by atoms with van der Waals surface area (Å²) in [6, 6.07) is 11.2. The molecule has 1 unspecified atom stereocenters. The second-order valence-electron chi connectivity index (χ2n) is 4.81. The normalized spacial score (nSPS) is 12.9. The molecule has 0 aliphatic rings. The van der Waals surface area contributed by atoms with Crippen molar-refractivity contribution in [2.45, 2.75) is 19.5 Å². The van der Waals surface area contributed by atoms with Crippen LogP contribution < -0.4 is 5.32 Å². The maximum Gasteiger partial charge on any atom is 0.0534 e. The zero-order valence-electron chi connectivity index (χ0n) is 11.1. The number of nitrogens with zero attached hydrogens (tertiary/aromatic N) is 2. The standard InChI is InChI=1S/C15H17N3S/c1-11(16-8-12-9-17-18(2)10-12)15-7-13-5-3-4-6-14(13)19-15/h3-7,9-11,16H,8H2,1-2H3. The first kappa shape index (κ1) is 12.4. The van der Waals surface area contributed by atoms with Crippen molar-refractivity contribution in [3.05, 3.63) is 53.2 Å². The number of hydrogen-bond acceptors (Lipinski definition) is 3. The predicted octanol–water partition coefficient (Wildman–Crippen LogP) is 3.49. The first-order valence-electron chi connectivity index (χ1n) is 6.42. The van der Waals surface area contributed by atoms with Gasteiger partial charge < -0.3 is 5.32 Å². The number of benzene rings is 1. The smallest absolute Gasteiger partial charge is 0.0534 e. The molecule has 3 nitrogen and oxygen atoms in total. The maximum atomic E-state index is 4.18. The van der Waals surface area contributed by atoms with E-state index in [0.717, 1.165) is 6.54 Å². The predicted molar refractivity (Wildman–Crippen MR) is 80.3 cm³/mol. The number of rotatable bonds is 4. The summed E-state index contributed by atoms with van der Waals surface area (Å²) in [5.74, 6) is 0. The molecular weight excluding hydrogens is 254 g/mol. The molecule has 3 aromatic rings. The molecule has 0 aliphatic heterocycles. The average Bonchev–Trinajstić information content (AvgIpc) is 3.01.